The SMILES string of the molecule is C=C/C(=C\c1c(C)oc2c1ccc1c3cc(-c4ccc5oc6ccc(-c7ccccc7)cc6c5c4)ccc3oc12)c1ccc2oc3ccc(-c4ccccc4)cc3c2c1. The van der Waals surface area contributed by atoms with Crippen LogP contribution in [0.2, 0.25) is 0 Å². The molecule has 4 nitrogen and oxygen atoms in total. The summed E-state index contributed by atoms with van der Waals surface area (Å²) < 4.78 is 25.6. The van der Waals surface area contributed by atoms with Crippen molar-refractivity contribution in [3.8, 4) is 33.4 Å². The summed E-state index contributed by atoms with van der Waals surface area (Å²) in [5.41, 5.74) is 15.7. The Kier molecular flexibility index (Phi) is 7.26. The molecule has 0 bridgehead atoms. The van der Waals surface area contributed by atoms with Gasteiger partial charge in [0.15, 0.2) is 11.2 Å². The average Bonchev–Trinajstić information content (AvgIpc) is 4.04. The summed E-state index contributed by atoms with van der Waals surface area (Å²) in [4.78, 5) is 0. The second-order valence-corrected chi connectivity index (χ2v) is 15.3. The Hall–Kier alpha value is -7.82. The summed E-state index contributed by atoms with van der Waals surface area (Å²) in [6.45, 7) is 6.23. The molecule has 0 fully saturated rings. The fraction of sp³-hybridized carbons (Fsp3) is 0.0182. The van der Waals surface area contributed by atoms with Crippen LogP contribution in [-0.4, -0.2) is 0 Å². The normalized spacial score (nSPS) is 12.3. The van der Waals surface area contributed by atoms with Crippen molar-refractivity contribution in [3.63, 3.8) is 0 Å². The number of hydrogen-bond acceptors (Lipinski definition) is 4. The van der Waals surface area contributed by atoms with Gasteiger partial charge in [-0.2, -0.15) is 0 Å². The van der Waals surface area contributed by atoms with E-state index in [1.165, 1.54) is 16.7 Å². The molecule has 0 unspecified atom stereocenters. The van der Waals surface area contributed by atoms with E-state index < -0.39 is 0 Å². The topological polar surface area (TPSA) is 52.6 Å². The number of aryl methyl sites for hydroxylation is 1. The first-order valence-electron chi connectivity index (χ1n) is 19.8. The van der Waals surface area contributed by atoms with E-state index in [9.17, 15) is 0 Å². The summed E-state index contributed by atoms with van der Waals surface area (Å²) in [5, 5.41) is 7.38. The lowest BCUT2D eigenvalue weighted by Gasteiger charge is -2.04. The third-order valence-corrected chi connectivity index (χ3v) is 11.9. The van der Waals surface area contributed by atoms with E-state index >= 15 is 0 Å². The second kappa shape index (κ2) is 12.9. The molecule has 12 aromatic rings. The van der Waals surface area contributed by atoms with Crippen LogP contribution >= 0.6 is 0 Å². The Balaban J connectivity index is 0.926. The lowest BCUT2D eigenvalue weighted by molar-refractivity contribution is 0.568. The van der Waals surface area contributed by atoms with Crippen LogP contribution in [0.15, 0.2) is 194 Å². The third kappa shape index (κ3) is 5.30. The van der Waals surface area contributed by atoms with Gasteiger partial charge in [-0.3, -0.25) is 0 Å². The van der Waals surface area contributed by atoms with Crippen molar-refractivity contribution in [2.75, 3.05) is 0 Å². The fourth-order valence-electron chi connectivity index (χ4n) is 8.84. The largest absolute Gasteiger partial charge is 0.457 e. The van der Waals surface area contributed by atoms with Gasteiger partial charge in [0.05, 0.1) is 0 Å². The van der Waals surface area contributed by atoms with Crippen LogP contribution in [0, 0.1) is 6.92 Å². The van der Waals surface area contributed by atoms with Crippen molar-refractivity contribution in [2.45, 2.75) is 6.92 Å². The molecule has 0 aliphatic rings. The maximum atomic E-state index is 6.57. The van der Waals surface area contributed by atoms with Gasteiger partial charge in [0.2, 0.25) is 0 Å². The van der Waals surface area contributed by atoms with Crippen LogP contribution in [0.25, 0.3) is 122 Å². The minimum atomic E-state index is 0.734. The Bertz CT molecular complexity index is 3680. The first-order chi connectivity index (χ1) is 29.1. The fourth-order valence-corrected chi connectivity index (χ4v) is 8.84. The van der Waals surface area contributed by atoms with Gasteiger partial charge in [-0.05, 0) is 130 Å². The van der Waals surface area contributed by atoms with Gasteiger partial charge in [-0.1, -0.05) is 104 Å². The molecule has 0 spiro atoms. The standard InChI is InChI=1S/C55H34O4/c1-3-33(36-14-21-49-45(27-36)46-28-37(15-22-50(46)57-49)34-10-6-4-7-11-34)26-43-32(2)56-54-41(43)19-20-42-44-30-39(18-25-53(44)59-55(42)54)40-17-24-52-48(31-40)47-29-38(16-23-51(47)58-52)35-12-8-5-9-13-35/h3-31H,1H2,2H3/b33-26+. The van der Waals surface area contributed by atoms with Crippen LogP contribution < -0.4 is 0 Å². The van der Waals surface area contributed by atoms with Crippen LogP contribution in [0.1, 0.15) is 16.9 Å². The van der Waals surface area contributed by atoms with E-state index in [2.05, 4.69) is 158 Å². The molecule has 0 saturated carbocycles. The van der Waals surface area contributed by atoms with Crippen LogP contribution in [0.4, 0.5) is 0 Å². The molecule has 0 aliphatic heterocycles. The van der Waals surface area contributed by atoms with E-state index in [0.29, 0.717) is 0 Å². The zero-order valence-electron chi connectivity index (χ0n) is 32.1. The molecule has 4 heteroatoms. The monoisotopic (exact) mass is 758 g/mol. The van der Waals surface area contributed by atoms with Crippen molar-refractivity contribution in [3.05, 3.63) is 193 Å². The molecule has 0 amide bonds. The number of fused-ring (bicyclic) bond motifs is 11. The highest BCUT2D eigenvalue weighted by molar-refractivity contribution is 6.16. The first-order valence-corrected chi connectivity index (χ1v) is 19.8. The highest BCUT2D eigenvalue weighted by Gasteiger charge is 2.19. The van der Waals surface area contributed by atoms with Gasteiger partial charge in [-0.15, -0.1) is 0 Å². The van der Waals surface area contributed by atoms with Gasteiger partial charge >= 0.3 is 0 Å². The molecule has 0 saturated heterocycles. The van der Waals surface area contributed by atoms with Crippen molar-refractivity contribution in [1.29, 1.82) is 0 Å². The quantitative estimate of drug-likeness (QED) is 0.158. The Labute approximate surface area is 338 Å². The van der Waals surface area contributed by atoms with E-state index in [1.54, 1.807) is 0 Å². The first kappa shape index (κ1) is 33.3. The Morgan fingerprint density at radius 3 is 1.34 bits per heavy atom. The van der Waals surface area contributed by atoms with E-state index in [4.69, 9.17) is 17.7 Å². The van der Waals surface area contributed by atoms with E-state index in [0.717, 1.165) is 116 Å². The molecule has 0 N–H and O–H groups in total. The highest BCUT2D eigenvalue weighted by atomic mass is 16.4. The summed E-state index contributed by atoms with van der Waals surface area (Å²) >= 11 is 0. The molecule has 8 aromatic carbocycles. The molecule has 4 heterocycles. The van der Waals surface area contributed by atoms with Gasteiger partial charge in [-0.25, -0.2) is 0 Å². The van der Waals surface area contributed by atoms with E-state index in [1.807, 2.05) is 31.2 Å². The van der Waals surface area contributed by atoms with Crippen LogP contribution in [0.5, 0.6) is 0 Å². The third-order valence-electron chi connectivity index (χ3n) is 11.9. The molecule has 0 aliphatic carbocycles. The summed E-state index contributed by atoms with van der Waals surface area (Å²) in [7, 11) is 0. The molecular formula is C55H34O4. The predicted octanol–water partition coefficient (Wildman–Crippen LogP) is 16.2. The Morgan fingerprint density at radius 1 is 0.390 bits per heavy atom. The molecule has 0 atom stereocenters. The van der Waals surface area contributed by atoms with Crippen molar-refractivity contribution < 1.29 is 17.7 Å². The van der Waals surface area contributed by atoms with Gasteiger partial charge in [0, 0.05) is 43.3 Å². The molecule has 278 valence electrons. The maximum Gasteiger partial charge on any atom is 0.178 e. The minimum Gasteiger partial charge on any atom is -0.457 e. The zero-order valence-corrected chi connectivity index (χ0v) is 32.1. The average molecular weight is 759 g/mol. The van der Waals surface area contributed by atoms with E-state index in [-0.39, 0.29) is 0 Å². The minimum absolute atomic E-state index is 0.734. The number of allylic oxidation sites excluding steroid dienone is 2. The molecule has 12 rings (SSSR count). The number of hydrogen-bond donors (Lipinski definition) is 0. The zero-order chi connectivity index (χ0) is 39.2. The number of rotatable bonds is 6. The molecule has 4 aromatic heterocycles. The van der Waals surface area contributed by atoms with Crippen molar-refractivity contribution in [1.82, 2.24) is 0 Å². The van der Waals surface area contributed by atoms with Gasteiger partial charge < -0.3 is 17.7 Å². The van der Waals surface area contributed by atoms with Crippen molar-refractivity contribution >= 4 is 88.4 Å². The lowest BCUT2D eigenvalue weighted by atomic mass is 9.98. The number of furan rings is 4. The predicted molar refractivity (Wildman–Crippen MR) is 244 cm³/mol. The summed E-state index contributed by atoms with van der Waals surface area (Å²) in [6.07, 6.45) is 4.07. The van der Waals surface area contributed by atoms with Crippen molar-refractivity contribution in [2.24, 2.45) is 0 Å². The molecular weight excluding hydrogens is 725 g/mol. The maximum absolute atomic E-state index is 6.57. The molecule has 59 heavy (non-hydrogen) atoms. The summed E-state index contributed by atoms with van der Waals surface area (Å²) in [6, 6.07) is 57.2. The van der Waals surface area contributed by atoms with Gasteiger partial charge in [0.1, 0.15) is 33.7 Å². The summed E-state index contributed by atoms with van der Waals surface area (Å²) in [5.74, 6) is 0.811. The van der Waals surface area contributed by atoms with Crippen LogP contribution in [0.3, 0.4) is 0 Å². The molecule has 0 radical (unpaired) electrons. The van der Waals surface area contributed by atoms with Crippen LogP contribution in [-0.2, 0) is 0 Å². The Morgan fingerprint density at radius 2 is 0.814 bits per heavy atom. The second-order valence-electron chi connectivity index (χ2n) is 15.3. The highest BCUT2D eigenvalue weighted by Crippen LogP contribution is 2.42. The lowest BCUT2D eigenvalue weighted by Crippen LogP contribution is -1.83. The van der Waals surface area contributed by atoms with Gasteiger partial charge in [0.25, 0.3) is 0 Å². The smallest absolute Gasteiger partial charge is 0.178 e. The number of benzene rings is 8.